The van der Waals surface area contributed by atoms with Crippen molar-refractivity contribution < 1.29 is 28.9 Å². The Morgan fingerprint density at radius 2 is 1.70 bits per heavy atom. The van der Waals surface area contributed by atoms with Gasteiger partial charge in [0.25, 0.3) is 0 Å². The maximum Gasteiger partial charge on any atom is 0.244 e. The first-order chi connectivity index (χ1) is 28.9. The highest BCUT2D eigenvalue weighted by molar-refractivity contribution is 6.31. The molecule has 2 aliphatic carbocycles. The lowest BCUT2D eigenvalue weighted by molar-refractivity contribution is -0.174. The maximum absolute atomic E-state index is 13.6. The summed E-state index contributed by atoms with van der Waals surface area (Å²) in [6.07, 6.45) is 6.70. The molecule has 3 saturated heterocycles. The summed E-state index contributed by atoms with van der Waals surface area (Å²) in [5.74, 6) is 1.92. The Hall–Kier alpha value is -3.74. The Bertz CT molecular complexity index is 2020. The van der Waals surface area contributed by atoms with E-state index < -0.39 is 5.60 Å². The van der Waals surface area contributed by atoms with E-state index in [-0.39, 0.29) is 71.2 Å². The molecule has 2 aromatic carbocycles. The lowest BCUT2D eigenvalue weighted by Crippen LogP contribution is -2.75. The summed E-state index contributed by atoms with van der Waals surface area (Å²) < 4.78 is 19.5. The first-order valence-corrected chi connectivity index (χ1v) is 22.6. The number of amides is 2. The van der Waals surface area contributed by atoms with Crippen LogP contribution in [0.3, 0.4) is 0 Å². The Labute approximate surface area is 365 Å². The molecule has 61 heavy (non-hydrogen) atoms. The second kappa shape index (κ2) is 17.1. The highest BCUT2D eigenvalue weighted by atomic mass is 35.5. The first kappa shape index (κ1) is 43.9. The predicted molar refractivity (Wildman–Crippen MR) is 233 cm³/mol. The number of aliphatic hydroxyl groups is 1. The molecule has 13 nitrogen and oxygen atoms in total. The van der Waals surface area contributed by atoms with E-state index in [2.05, 4.69) is 59.9 Å². The molecule has 2 unspecified atom stereocenters. The van der Waals surface area contributed by atoms with E-state index in [1.807, 2.05) is 24.4 Å². The molecule has 4 heterocycles. The number of nitriles is 1. The van der Waals surface area contributed by atoms with Gasteiger partial charge in [0.2, 0.25) is 11.8 Å². The van der Waals surface area contributed by atoms with Crippen molar-refractivity contribution in [2.75, 3.05) is 46.4 Å². The largest absolute Gasteiger partial charge is 0.490 e. The van der Waals surface area contributed by atoms with Gasteiger partial charge in [-0.15, -0.1) is 0 Å². The molecule has 4 aliphatic heterocycles. The van der Waals surface area contributed by atoms with Crippen LogP contribution in [0.1, 0.15) is 90.3 Å². The number of fused-ring (bicyclic) bond motifs is 1. The van der Waals surface area contributed by atoms with E-state index in [1.165, 1.54) is 0 Å². The molecule has 2 saturated carbocycles. The molecule has 2 aromatic rings. The van der Waals surface area contributed by atoms with E-state index in [0.717, 1.165) is 80.8 Å². The third-order valence-corrected chi connectivity index (χ3v) is 14.7. The van der Waals surface area contributed by atoms with E-state index in [4.69, 9.17) is 25.8 Å². The van der Waals surface area contributed by atoms with Crippen molar-refractivity contribution in [1.82, 2.24) is 31.1 Å². The number of rotatable bonds is 12. The van der Waals surface area contributed by atoms with Gasteiger partial charge < -0.3 is 34.9 Å². The number of carbonyl (C=O) groups is 2. The fourth-order valence-electron chi connectivity index (χ4n) is 10.9. The number of hydrogen-bond acceptors (Lipinski definition) is 11. The third kappa shape index (κ3) is 8.79. The smallest absolute Gasteiger partial charge is 0.244 e. The van der Waals surface area contributed by atoms with Gasteiger partial charge in [-0.25, -0.2) is 0 Å². The number of nitrogens with zero attached hydrogens (tertiary/aromatic N) is 3. The summed E-state index contributed by atoms with van der Waals surface area (Å²) in [5, 5.41) is 34.4. The minimum atomic E-state index is -1.01. The molecule has 2 amide bonds. The minimum absolute atomic E-state index is 0.0348. The molecule has 330 valence electrons. The van der Waals surface area contributed by atoms with Gasteiger partial charge in [0.05, 0.1) is 34.3 Å². The zero-order valence-electron chi connectivity index (χ0n) is 36.7. The molecule has 8 rings (SSSR count). The van der Waals surface area contributed by atoms with Gasteiger partial charge in [-0.3, -0.25) is 25.1 Å². The standard InChI is InChI=1S/C47H64ClN7O6/c1-45(2)42(46(3,4)43(45)61-31-10-8-28(22-49)37(48)21-31)53-40(56)29-23-51-44(52-24-29)55-16-13-27(14-17-55)26-59-32-19-33(20-32)60-38-11-9-30(47(5,6)58)18-35(38)36-25-54(7)41(57)39-34(36)12-15-50-39/h8-11,18,21,25,27,29,32-34,39,42-44,50-52,58H,12-17,19-20,23-24,26H2,1-7H3,(H,53,56). The summed E-state index contributed by atoms with van der Waals surface area (Å²) in [4.78, 5) is 30.6. The minimum Gasteiger partial charge on any atom is -0.490 e. The molecule has 6 aliphatic rings. The van der Waals surface area contributed by atoms with Gasteiger partial charge in [0, 0.05) is 93.3 Å². The summed E-state index contributed by atoms with van der Waals surface area (Å²) >= 11 is 6.27. The van der Waals surface area contributed by atoms with Crippen molar-refractivity contribution in [3.05, 3.63) is 64.3 Å². The SMILES string of the molecule is CN1C=C(c2cc(C(C)(C)O)ccc2OC2CC(OCC3CCN(C4NCC(C(=O)NC5C(C)(C)C(Oc6ccc(C#N)c(Cl)c6)C5(C)C)CN4)CC3)C2)C2CCNC2C1=O. The van der Waals surface area contributed by atoms with Gasteiger partial charge in [-0.2, -0.15) is 5.26 Å². The van der Waals surface area contributed by atoms with Gasteiger partial charge in [-0.05, 0) is 81.0 Å². The van der Waals surface area contributed by atoms with Crippen molar-refractivity contribution in [2.45, 2.75) is 116 Å². The Kier molecular flexibility index (Phi) is 12.3. The molecule has 14 heteroatoms. The molecular formula is C47H64ClN7O6. The van der Waals surface area contributed by atoms with Crippen LogP contribution in [0.25, 0.3) is 5.57 Å². The second-order valence-corrected chi connectivity index (χ2v) is 20.4. The Balaban J connectivity index is 0.759. The van der Waals surface area contributed by atoms with Crippen molar-refractivity contribution in [1.29, 1.82) is 5.26 Å². The first-order valence-electron chi connectivity index (χ1n) is 22.2. The molecule has 0 spiro atoms. The van der Waals surface area contributed by atoms with Crippen LogP contribution in [-0.4, -0.2) is 110 Å². The van der Waals surface area contributed by atoms with Crippen LogP contribution in [0.5, 0.6) is 11.5 Å². The highest BCUT2D eigenvalue weighted by Crippen LogP contribution is 2.55. The number of nitrogens with one attached hydrogen (secondary N) is 4. The quantitative estimate of drug-likeness (QED) is 0.197. The van der Waals surface area contributed by atoms with E-state index in [0.29, 0.717) is 35.3 Å². The number of piperidine rings is 1. The molecule has 5 fully saturated rings. The van der Waals surface area contributed by atoms with Gasteiger partial charge in [-0.1, -0.05) is 45.4 Å². The molecule has 5 N–H and O–H groups in total. The number of hydrogen-bond donors (Lipinski definition) is 5. The summed E-state index contributed by atoms with van der Waals surface area (Å²) in [6, 6.07) is 12.9. The Morgan fingerprint density at radius 1 is 1.00 bits per heavy atom. The average molecular weight is 859 g/mol. The Morgan fingerprint density at radius 3 is 2.36 bits per heavy atom. The van der Waals surface area contributed by atoms with Crippen LogP contribution in [0.2, 0.25) is 5.02 Å². The van der Waals surface area contributed by atoms with Crippen LogP contribution in [0.15, 0.2) is 42.6 Å². The third-order valence-electron chi connectivity index (χ3n) is 14.4. The van der Waals surface area contributed by atoms with Crippen LogP contribution in [-0.2, 0) is 19.9 Å². The zero-order valence-corrected chi connectivity index (χ0v) is 37.5. The summed E-state index contributed by atoms with van der Waals surface area (Å²) in [5.41, 5.74) is 1.61. The molecular weight excluding hydrogens is 794 g/mol. The van der Waals surface area contributed by atoms with Crippen LogP contribution in [0, 0.1) is 39.9 Å². The van der Waals surface area contributed by atoms with Crippen LogP contribution >= 0.6 is 11.6 Å². The van der Waals surface area contributed by atoms with Crippen molar-refractivity contribution in [2.24, 2.45) is 28.6 Å². The second-order valence-electron chi connectivity index (χ2n) is 20.0. The number of halogens is 1. The maximum atomic E-state index is 13.6. The molecule has 0 radical (unpaired) electrons. The van der Waals surface area contributed by atoms with Gasteiger partial charge in [0.15, 0.2) is 0 Å². The number of ether oxygens (including phenoxy) is 3. The van der Waals surface area contributed by atoms with Gasteiger partial charge in [0.1, 0.15) is 36.1 Å². The number of likely N-dealkylation sites (N-methyl/N-ethyl adjacent to an activating group) is 1. The summed E-state index contributed by atoms with van der Waals surface area (Å²) in [6.45, 7) is 16.7. The highest BCUT2D eigenvalue weighted by Gasteiger charge is 2.64. The normalized spacial score (nSPS) is 31.2. The molecule has 0 aromatic heterocycles. The number of benzene rings is 2. The lowest BCUT2D eigenvalue weighted by Gasteiger charge is -2.63. The topological polar surface area (TPSA) is 160 Å². The zero-order chi connectivity index (χ0) is 43.4. The van der Waals surface area contributed by atoms with E-state index >= 15 is 0 Å². The average Bonchev–Trinajstić information content (AvgIpc) is 3.71. The van der Waals surface area contributed by atoms with Gasteiger partial charge >= 0.3 is 0 Å². The fraction of sp³-hybridized carbons (Fsp3) is 0.638. The monoisotopic (exact) mass is 857 g/mol. The van der Waals surface area contributed by atoms with E-state index in [1.54, 1.807) is 44.0 Å². The van der Waals surface area contributed by atoms with E-state index in [9.17, 15) is 20.0 Å². The fourth-order valence-corrected chi connectivity index (χ4v) is 11.1. The van der Waals surface area contributed by atoms with Crippen LogP contribution < -0.4 is 30.7 Å². The molecule has 2 atom stereocenters. The predicted octanol–water partition coefficient (Wildman–Crippen LogP) is 4.96. The van der Waals surface area contributed by atoms with Crippen molar-refractivity contribution in [3.63, 3.8) is 0 Å². The lowest BCUT2D eigenvalue weighted by atomic mass is 9.49. The molecule has 0 bridgehead atoms. The van der Waals surface area contributed by atoms with Crippen molar-refractivity contribution in [3.8, 4) is 17.6 Å². The number of carbonyl (C=O) groups excluding carboxylic acids is 2. The number of likely N-dealkylation sites (tertiary alicyclic amines) is 1. The summed E-state index contributed by atoms with van der Waals surface area (Å²) in [7, 11) is 1.81. The van der Waals surface area contributed by atoms with Crippen LogP contribution in [0.4, 0.5) is 0 Å². The van der Waals surface area contributed by atoms with Crippen molar-refractivity contribution >= 4 is 29.0 Å².